The normalized spacial score (nSPS) is 39.8. The van der Waals surface area contributed by atoms with Gasteiger partial charge in [-0.2, -0.15) is 0 Å². The Balaban J connectivity index is 1.89. The van der Waals surface area contributed by atoms with E-state index in [2.05, 4.69) is 0 Å². The highest BCUT2D eigenvalue weighted by atomic mass is 16.6. The molecule has 0 aromatic carbocycles. The molecule has 4 saturated carbocycles. The molecule has 1 N–H and O–H groups in total. The highest BCUT2D eigenvalue weighted by Crippen LogP contribution is 2.61. The van der Waals surface area contributed by atoms with E-state index in [-0.39, 0.29) is 24.2 Å². The molecule has 0 aromatic heterocycles. The van der Waals surface area contributed by atoms with Gasteiger partial charge in [0.25, 0.3) is 0 Å². The van der Waals surface area contributed by atoms with Crippen LogP contribution in [0.3, 0.4) is 0 Å². The molecule has 4 aliphatic carbocycles. The summed E-state index contributed by atoms with van der Waals surface area (Å²) < 4.78 is 6.06. The highest BCUT2D eigenvalue weighted by molar-refractivity contribution is 5.77. The maximum Gasteiger partial charge on any atom is 0.312 e. The number of hydrogen-bond donors (Lipinski definition) is 1. The Kier molecular flexibility index (Phi) is 3.77. The minimum absolute atomic E-state index is 0.0205. The number of aliphatic carboxylic acids is 1. The topological polar surface area (TPSA) is 63.6 Å². The van der Waals surface area contributed by atoms with E-state index in [9.17, 15) is 14.7 Å². The van der Waals surface area contributed by atoms with Gasteiger partial charge in [-0.1, -0.05) is 6.92 Å². The molecule has 4 nitrogen and oxygen atoms in total. The van der Waals surface area contributed by atoms with Gasteiger partial charge in [0.2, 0.25) is 0 Å². The van der Waals surface area contributed by atoms with E-state index in [1.165, 1.54) is 6.42 Å². The van der Waals surface area contributed by atoms with Crippen LogP contribution in [0.2, 0.25) is 0 Å². The molecule has 124 valence electrons. The van der Waals surface area contributed by atoms with Crippen molar-refractivity contribution in [2.75, 3.05) is 0 Å². The lowest BCUT2D eigenvalue weighted by atomic mass is 9.49. The van der Waals surface area contributed by atoms with Crippen LogP contribution in [0.4, 0.5) is 0 Å². The number of rotatable bonds is 5. The Hall–Kier alpha value is -1.06. The molecule has 4 rings (SSSR count). The Labute approximate surface area is 132 Å². The molecular formula is C18H28O4. The van der Waals surface area contributed by atoms with E-state index < -0.39 is 17.0 Å². The van der Waals surface area contributed by atoms with Crippen molar-refractivity contribution in [2.45, 2.75) is 71.3 Å². The van der Waals surface area contributed by atoms with Crippen LogP contribution in [0.5, 0.6) is 0 Å². The van der Waals surface area contributed by atoms with E-state index in [1.54, 1.807) is 0 Å². The van der Waals surface area contributed by atoms with Crippen molar-refractivity contribution in [1.29, 1.82) is 0 Å². The average molecular weight is 308 g/mol. The monoisotopic (exact) mass is 308 g/mol. The summed E-state index contributed by atoms with van der Waals surface area (Å²) in [5.41, 5.74) is -1.29. The van der Waals surface area contributed by atoms with Crippen LogP contribution in [-0.4, -0.2) is 22.6 Å². The summed E-state index contributed by atoms with van der Waals surface area (Å²) in [5, 5.41) is 9.44. The summed E-state index contributed by atoms with van der Waals surface area (Å²) in [4.78, 5) is 24.2. The van der Waals surface area contributed by atoms with Crippen LogP contribution in [0.15, 0.2) is 0 Å². The predicted molar refractivity (Wildman–Crippen MR) is 82.2 cm³/mol. The van der Waals surface area contributed by atoms with Crippen molar-refractivity contribution in [3.05, 3.63) is 0 Å². The van der Waals surface area contributed by atoms with Crippen molar-refractivity contribution in [1.82, 2.24) is 0 Å². The van der Waals surface area contributed by atoms with Gasteiger partial charge in [-0.05, 0) is 64.2 Å². The number of hydrogen-bond acceptors (Lipinski definition) is 3. The summed E-state index contributed by atoms with van der Waals surface area (Å²) in [5.74, 6) is 0.885. The zero-order valence-corrected chi connectivity index (χ0v) is 13.9. The second-order valence-corrected chi connectivity index (χ2v) is 8.46. The first kappa shape index (κ1) is 15.8. The minimum atomic E-state index is -0.838. The zero-order chi connectivity index (χ0) is 16.1. The first-order valence-electron chi connectivity index (χ1n) is 8.72. The lowest BCUT2D eigenvalue weighted by Gasteiger charge is -2.60. The fraction of sp³-hybridized carbons (Fsp3) is 0.889. The molecule has 0 atom stereocenters. The number of carboxylic acids is 1. The average Bonchev–Trinajstić information content (AvgIpc) is 2.43. The smallest absolute Gasteiger partial charge is 0.312 e. The Morgan fingerprint density at radius 3 is 2.00 bits per heavy atom. The quantitative estimate of drug-likeness (QED) is 0.788. The predicted octanol–water partition coefficient (Wildman–Crippen LogP) is 3.64. The molecule has 4 aliphatic rings. The molecule has 0 amide bonds. The third kappa shape index (κ3) is 2.44. The molecule has 0 aromatic rings. The van der Waals surface area contributed by atoms with Gasteiger partial charge >= 0.3 is 11.9 Å². The standard InChI is InChI=1S/C18H28O4/c1-4-17(2,3)16(21)22-18(10-15(19)20)13-6-11-5-12(8-13)9-14(18)7-11/h11-14H,4-10H2,1-3H3,(H,19,20). The minimum Gasteiger partial charge on any atom is -0.481 e. The summed E-state index contributed by atoms with van der Waals surface area (Å²) in [6.07, 6.45) is 6.15. The van der Waals surface area contributed by atoms with Gasteiger partial charge < -0.3 is 9.84 Å². The maximum atomic E-state index is 12.7. The van der Waals surface area contributed by atoms with Crippen molar-refractivity contribution in [2.24, 2.45) is 29.1 Å². The SMILES string of the molecule is CCC(C)(C)C(=O)OC1(CC(=O)O)C2CC3CC(C2)CC1C3. The molecule has 4 fully saturated rings. The van der Waals surface area contributed by atoms with E-state index >= 15 is 0 Å². The van der Waals surface area contributed by atoms with Crippen LogP contribution >= 0.6 is 0 Å². The van der Waals surface area contributed by atoms with Crippen molar-refractivity contribution in [3.8, 4) is 0 Å². The third-order valence-corrected chi connectivity index (χ3v) is 6.67. The first-order chi connectivity index (χ1) is 10.3. The maximum absolute atomic E-state index is 12.7. The second-order valence-electron chi connectivity index (χ2n) is 8.46. The molecule has 0 radical (unpaired) electrons. The second kappa shape index (κ2) is 5.24. The van der Waals surface area contributed by atoms with Gasteiger partial charge in [-0.3, -0.25) is 9.59 Å². The fourth-order valence-corrected chi connectivity index (χ4v) is 5.16. The molecule has 0 spiro atoms. The fourth-order valence-electron chi connectivity index (χ4n) is 5.16. The third-order valence-electron chi connectivity index (χ3n) is 6.67. The van der Waals surface area contributed by atoms with Crippen molar-refractivity contribution < 1.29 is 19.4 Å². The van der Waals surface area contributed by atoms with Gasteiger partial charge in [0.1, 0.15) is 5.60 Å². The molecule has 4 heteroatoms. The largest absolute Gasteiger partial charge is 0.481 e. The van der Waals surface area contributed by atoms with Gasteiger partial charge in [0.15, 0.2) is 0 Å². The van der Waals surface area contributed by atoms with Crippen LogP contribution in [0.1, 0.15) is 65.7 Å². The van der Waals surface area contributed by atoms with E-state index in [4.69, 9.17) is 4.74 Å². The van der Waals surface area contributed by atoms with Crippen LogP contribution in [0.25, 0.3) is 0 Å². The van der Waals surface area contributed by atoms with Crippen molar-refractivity contribution in [3.63, 3.8) is 0 Å². The molecule has 0 saturated heterocycles. The van der Waals surface area contributed by atoms with Crippen LogP contribution in [-0.2, 0) is 14.3 Å². The summed E-state index contributed by atoms with van der Waals surface area (Å²) in [6, 6.07) is 0. The summed E-state index contributed by atoms with van der Waals surface area (Å²) in [6.45, 7) is 5.75. The lowest BCUT2D eigenvalue weighted by molar-refractivity contribution is -0.221. The molecule has 22 heavy (non-hydrogen) atoms. The summed E-state index contributed by atoms with van der Waals surface area (Å²) >= 11 is 0. The van der Waals surface area contributed by atoms with Crippen LogP contribution in [0, 0.1) is 29.1 Å². The molecule has 0 heterocycles. The first-order valence-corrected chi connectivity index (χ1v) is 8.72. The molecule has 0 unspecified atom stereocenters. The number of carbonyl (C=O) groups excluding carboxylic acids is 1. The van der Waals surface area contributed by atoms with E-state index in [0.29, 0.717) is 6.42 Å². The van der Waals surface area contributed by atoms with Crippen molar-refractivity contribution >= 4 is 11.9 Å². The van der Waals surface area contributed by atoms with Gasteiger partial charge in [0, 0.05) is 11.8 Å². The Morgan fingerprint density at radius 2 is 1.59 bits per heavy atom. The van der Waals surface area contributed by atoms with E-state index in [1.807, 2.05) is 20.8 Å². The molecular weight excluding hydrogens is 280 g/mol. The molecule has 0 aliphatic heterocycles. The summed E-state index contributed by atoms with van der Waals surface area (Å²) in [7, 11) is 0. The van der Waals surface area contributed by atoms with Gasteiger partial charge in [-0.25, -0.2) is 0 Å². The van der Waals surface area contributed by atoms with Gasteiger partial charge in [0.05, 0.1) is 11.8 Å². The number of esters is 1. The Morgan fingerprint density at radius 1 is 1.09 bits per heavy atom. The number of carboxylic acid groups (broad SMARTS) is 1. The Bertz CT molecular complexity index is 451. The molecule has 4 bridgehead atoms. The van der Waals surface area contributed by atoms with Gasteiger partial charge in [-0.15, -0.1) is 0 Å². The zero-order valence-electron chi connectivity index (χ0n) is 13.9. The number of ether oxygens (including phenoxy) is 1. The lowest BCUT2D eigenvalue weighted by Crippen LogP contribution is -2.61. The number of carbonyl (C=O) groups is 2. The highest BCUT2D eigenvalue weighted by Gasteiger charge is 2.60. The van der Waals surface area contributed by atoms with Crippen LogP contribution < -0.4 is 0 Å². The van der Waals surface area contributed by atoms with E-state index in [0.717, 1.165) is 37.5 Å².